The van der Waals surface area contributed by atoms with Gasteiger partial charge in [-0.15, -0.1) is 0 Å². The zero-order valence-electron chi connectivity index (χ0n) is 14.9. The molecule has 0 aliphatic heterocycles. The number of ketones is 1. The summed E-state index contributed by atoms with van der Waals surface area (Å²) in [5.74, 6) is -1.48. The van der Waals surface area contributed by atoms with Crippen LogP contribution in [0.4, 0.5) is 5.69 Å². The molecule has 2 aromatic rings. The van der Waals surface area contributed by atoms with E-state index in [0.717, 1.165) is 16.7 Å². The van der Waals surface area contributed by atoms with Gasteiger partial charge in [-0.05, 0) is 26.8 Å². The lowest BCUT2D eigenvalue weighted by Gasteiger charge is -2.25. The Kier molecular flexibility index (Phi) is 5.80. The summed E-state index contributed by atoms with van der Waals surface area (Å²) in [6.45, 7) is 5.17. The van der Waals surface area contributed by atoms with Gasteiger partial charge in [0.05, 0.1) is 9.95 Å². The van der Waals surface area contributed by atoms with Crippen LogP contribution in [0.1, 0.15) is 37.2 Å². The number of nitrogens with zero attached hydrogens (tertiary/aromatic N) is 2. The maximum Gasteiger partial charge on any atom is 0.270 e. The van der Waals surface area contributed by atoms with Crippen LogP contribution < -0.4 is 10.9 Å². The summed E-state index contributed by atoms with van der Waals surface area (Å²) in [5.41, 5.74) is -1.63. The molecule has 2 rings (SSSR count). The third-order valence-electron chi connectivity index (χ3n) is 3.52. The summed E-state index contributed by atoms with van der Waals surface area (Å²) in [6, 6.07) is 5.91. The Labute approximate surface area is 159 Å². The molecule has 0 fully saturated rings. The summed E-state index contributed by atoms with van der Waals surface area (Å²) in [4.78, 5) is 48.4. The maximum atomic E-state index is 13.0. The van der Waals surface area contributed by atoms with E-state index in [1.54, 1.807) is 20.8 Å². The standard InChI is InChI=1S/C18H18ClN3O5/c1-18(2,3)20-17(25)15(21-10-12(19)7-8-14(21)23)16(24)11-5-4-6-13(9-11)22(26)27/h4-10,15H,1-3H3,(H,20,25). The van der Waals surface area contributed by atoms with Crippen LogP contribution in [-0.4, -0.2) is 26.7 Å². The second kappa shape index (κ2) is 7.71. The van der Waals surface area contributed by atoms with Crippen molar-refractivity contribution in [3.05, 3.63) is 73.6 Å². The molecule has 1 unspecified atom stereocenters. The molecule has 8 nitrogen and oxygen atoms in total. The Morgan fingerprint density at radius 1 is 1.22 bits per heavy atom. The first-order valence-electron chi connectivity index (χ1n) is 7.98. The van der Waals surface area contributed by atoms with Gasteiger partial charge in [0.1, 0.15) is 0 Å². The predicted octanol–water partition coefficient (Wildman–Crippen LogP) is 2.75. The van der Waals surface area contributed by atoms with Gasteiger partial charge < -0.3 is 5.32 Å². The lowest BCUT2D eigenvalue weighted by atomic mass is 10.0. The number of non-ortho nitro benzene ring substituents is 1. The SMILES string of the molecule is CC(C)(C)NC(=O)C(C(=O)c1cccc([N+](=O)[O-])c1)n1cc(Cl)ccc1=O. The van der Waals surface area contributed by atoms with Crippen molar-refractivity contribution in [1.82, 2.24) is 9.88 Å². The highest BCUT2D eigenvalue weighted by Gasteiger charge is 2.33. The number of Topliss-reactive ketones (excluding diaryl/α,β-unsaturated/α-hetero) is 1. The molecular formula is C18H18ClN3O5. The Balaban J connectivity index is 2.58. The number of hydrogen-bond donors (Lipinski definition) is 1. The smallest absolute Gasteiger partial charge is 0.270 e. The number of carbonyl (C=O) groups excluding carboxylic acids is 2. The van der Waals surface area contributed by atoms with Crippen molar-refractivity contribution in [2.45, 2.75) is 32.4 Å². The highest BCUT2D eigenvalue weighted by atomic mass is 35.5. The number of nitro groups is 1. The number of halogens is 1. The van der Waals surface area contributed by atoms with Gasteiger partial charge in [0.25, 0.3) is 17.2 Å². The van der Waals surface area contributed by atoms with Crippen LogP contribution in [0.5, 0.6) is 0 Å². The van der Waals surface area contributed by atoms with Gasteiger partial charge in [-0.25, -0.2) is 0 Å². The number of nitrogens with one attached hydrogen (secondary N) is 1. The van der Waals surface area contributed by atoms with Crippen molar-refractivity contribution in [3.8, 4) is 0 Å². The molecule has 1 amide bonds. The van der Waals surface area contributed by atoms with Crippen LogP contribution in [0.25, 0.3) is 0 Å². The minimum Gasteiger partial charge on any atom is -0.349 e. The van der Waals surface area contributed by atoms with E-state index >= 15 is 0 Å². The van der Waals surface area contributed by atoms with Crippen molar-refractivity contribution in [1.29, 1.82) is 0 Å². The lowest BCUT2D eigenvalue weighted by molar-refractivity contribution is -0.384. The molecule has 0 aliphatic rings. The second-order valence-electron chi connectivity index (χ2n) is 6.91. The van der Waals surface area contributed by atoms with E-state index < -0.39 is 33.8 Å². The summed E-state index contributed by atoms with van der Waals surface area (Å²) in [7, 11) is 0. The van der Waals surface area contributed by atoms with Crippen molar-refractivity contribution < 1.29 is 14.5 Å². The molecule has 142 valence electrons. The molecule has 1 N–H and O–H groups in total. The molecule has 0 spiro atoms. The topological polar surface area (TPSA) is 111 Å². The van der Waals surface area contributed by atoms with Crippen LogP contribution in [0.2, 0.25) is 5.02 Å². The number of pyridine rings is 1. The molecule has 27 heavy (non-hydrogen) atoms. The molecule has 1 aromatic heterocycles. The van der Waals surface area contributed by atoms with Gasteiger partial charge in [-0.2, -0.15) is 0 Å². The van der Waals surface area contributed by atoms with E-state index in [-0.39, 0.29) is 16.3 Å². The summed E-state index contributed by atoms with van der Waals surface area (Å²) < 4.78 is 0.921. The van der Waals surface area contributed by atoms with Gasteiger partial charge in [0.15, 0.2) is 11.8 Å². The molecule has 1 atom stereocenters. The second-order valence-corrected chi connectivity index (χ2v) is 7.34. The normalized spacial score (nSPS) is 12.3. The lowest BCUT2D eigenvalue weighted by Crippen LogP contribution is -2.48. The third kappa shape index (κ3) is 5.01. The van der Waals surface area contributed by atoms with Crippen LogP contribution in [-0.2, 0) is 4.79 Å². The third-order valence-corrected chi connectivity index (χ3v) is 3.74. The van der Waals surface area contributed by atoms with E-state index in [4.69, 9.17) is 11.6 Å². The maximum absolute atomic E-state index is 13.0. The Hall–Kier alpha value is -3.00. The van der Waals surface area contributed by atoms with E-state index in [9.17, 15) is 24.5 Å². The van der Waals surface area contributed by atoms with Crippen molar-refractivity contribution >= 4 is 29.0 Å². The van der Waals surface area contributed by atoms with Crippen molar-refractivity contribution in [3.63, 3.8) is 0 Å². The number of carbonyl (C=O) groups is 2. The van der Waals surface area contributed by atoms with Crippen LogP contribution in [0.3, 0.4) is 0 Å². The van der Waals surface area contributed by atoms with Crippen LogP contribution in [0, 0.1) is 10.1 Å². The molecular weight excluding hydrogens is 374 g/mol. The zero-order chi connectivity index (χ0) is 20.4. The average molecular weight is 392 g/mol. The number of rotatable bonds is 5. The Bertz CT molecular complexity index is 962. The molecule has 1 heterocycles. The number of aromatic nitrogens is 1. The fourth-order valence-electron chi connectivity index (χ4n) is 2.42. The molecule has 0 radical (unpaired) electrons. The van der Waals surface area contributed by atoms with Gasteiger partial charge in [-0.1, -0.05) is 23.7 Å². The molecule has 0 saturated carbocycles. The van der Waals surface area contributed by atoms with E-state index in [0.29, 0.717) is 0 Å². The first kappa shape index (κ1) is 20.3. The van der Waals surface area contributed by atoms with E-state index in [2.05, 4.69) is 5.32 Å². The molecule has 0 saturated heterocycles. The Morgan fingerprint density at radius 3 is 2.48 bits per heavy atom. The van der Waals surface area contributed by atoms with Crippen molar-refractivity contribution in [2.75, 3.05) is 0 Å². The van der Waals surface area contributed by atoms with Crippen LogP contribution >= 0.6 is 11.6 Å². The summed E-state index contributed by atoms with van der Waals surface area (Å²) >= 11 is 5.92. The van der Waals surface area contributed by atoms with Crippen molar-refractivity contribution in [2.24, 2.45) is 0 Å². The minimum absolute atomic E-state index is 0.0647. The molecule has 1 aromatic carbocycles. The quantitative estimate of drug-likeness (QED) is 0.364. The number of amides is 1. The van der Waals surface area contributed by atoms with Gasteiger partial charge in [0.2, 0.25) is 0 Å². The summed E-state index contributed by atoms with van der Waals surface area (Å²) in [5, 5.41) is 13.8. The predicted molar refractivity (Wildman–Crippen MR) is 100 cm³/mol. The number of hydrogen-bond acceptors (Lipinski definition) is 5. The monoisotopic (exact) mass is 391 g/mol. The fraction of sp³-hybridized carbons (Fsp3) is 0.278. The highest BCUT2D eigenvalue weighted by Crippen LogP contribution is 2.20. The summed E-state index contributed by atoms with van der Waals surface area (Å²) in [6.07, 6.45) is 1.19. The molecule has 0 aliphatic carbocycles. The zero-order valence-corrected chi connectivity index (χ0v) is 15.7. The first-order chi connectivity index (χ1) is 12.5. The molecule has 0 bridgehead atoms. The van der Waals surface area contributed by atoms with Gasteiger partial charge in [-0.3, -0.25) is 29.1 Å². The minimum atomic E-state index is -1.56. The van der Waals surface area contributed by atoms with Crippen LogP contribution in [0.15, 0.2) is 47.4 Å². The van der Waals surface area contributed by atoms with Gasteiger partial charge >= 0.3 is 0 Å². The van der Waals surface area contributed by atoms with E-state index in [1.807, 2.05) is 0 Å². The fourth-order valence-corrected chi connectivity index (χ4v) is 2.59. The highest BCUT2D eigenvalue weighted by molar-refractivity contribution is 6.30. The largest absolute Gasteiger partial charge is 0.349 e. The Morgan fingerprint density at radius 2 is 1.89 bits per heavy atom. The van der Waals surface area contributed by atoms with Gasteiger partial charge in [0, 0.05) is 35.5 Å². The number of nitro benzene ring substituents is 1. The van der Waals surface area contributed by atoms with E-state index in [1.165, 1.54) is 30.5 Å². The molecule has 9 heteroatoms. The average Bonchev–Trinajstić information content (AvgIpc) is 2.56. The first-order valence-corrected chi connectivity index (χ1v) is 8.36. The number of benzene rings is 1.